The standard InChI is InChI=1S/C16H24FNO/c1-16(2,3)8-9-19-15-7-4-13(17)10-12(15)11-18-14-5-6-14/h4,7,10,14,18H,5-6,8-9,11H2,1-3H3. The minimum Gasteiger partial charge on any atom is -0.493 e. The van der Waals surface area contributed by atoms with Crippen LogP contribution in [0.1, 0.15) is 45.6 Å². The fourth-order valence-corrected chi connectivity index (χ4v) is 1.84. The maximum Gasteiger partial charge on any atom is 0.123 e. The predicted octanol–water partition coefficient (Wildman–Crippen LogP) is 3.89. The molecule has 0 bridgehead atoms. The van der Waals surface area contributed by atoms with Crippen LogP contribution >= 0.6 is 0 Å². The number of halogens is 1. The van der Waals surface area contributed by atoms with Crippen molar-refractivity contribution in [2.75, 3.05) is 6.61 Å². The van der Waals surface area contributed by atoms with Gasteiger partial charge in [-0.3, -0.25) is 0 Å². The van der Waals surface area contributed by atoms with Crippen LogP contribution in [0.25, 0.3) is 0 Å². The van der Waals surface area contributed by atoms with Gasteiger partial charge in [0.1, 0.15) is 11.6 Å². The third-order valence-corrected chi connectivity index (χ3v) is 3.29. The molecule has 2 nitrogen and oxygen atoms in total. The Morgan fingerprint density at radius 1 is 1.32 bits per heavy atom. The average Bonchev–Trinajstić information content (AvgIpc) is 3.11. The van der Waals surface area contributed by atoms with Gasteiger partial charge in [-0.2, -0.15) is 0 Å². The molecule has 3 heteroatoms. The van der Waals surface area contributed by atoms with Crippen LogP contribution in [0.15, 0.2) is 18.2 Å². The average molecular weight is 265 g/mol. The van der Waals surface area contributed by atoms with Crippen molar-refractivity contribution in [2.45, 2.75) is 52.6 Å². The maximum absolute atomic E-state index is 13.3. The van der Waals surface area contributed by atoms with Gasteiger partial charge in [-0.05, 0) is 42.9 Å². The third kappa shape index (κ3) is 5.19. The molecule has 0 atom stereocenters. The van der Waals surface area contributed by atoms with Crippen LogP contribution in [0.4, 0.5) is 4.39 Å². The Bertz CT molecular complexity index is 421. The monoisotopic (exact) mass is 265 g/mol. The van der Waals surface area contributed by atoms with E-state index in [-0.39, 0.29) is 11.2 Å². The number of rotatable bonds is 6. The first-order valence-electron chi connectivity index (χ1n) is 7.09. The van der Waals surface area contributed by atoms with Crippen LogP contribution in [0.3, 0.4) is 0 Å². The van der Waals surface area contributed by atoms with E-state index in [0.29, 0.717) is 19.2 Å². The molecule has 2 rings (SSSR count). The van der Waals surface area contributed by atoms with Crippen LogP contribution in [0.5, 0.6) is 5.75 Å². The SMILES string of the molecule is CC(C)(C)CCOc1ccc(F)cc1CNC1CC1. The lowest BCUT2D eigenvalue weighted by molar-refractivity contribution is 0.241. The van der Waals surface area contributed by atoms with Gasteiger partial charge < -0.3 is 10.1 Å². The highest BCUT2D eigenvalue weighted by atomic mass is 19.1. The van der Waals surface area contributed by atoms with Crippen LogP contribution in [0.2, 0.25) is 0 Å². The summed E-state index contributed by atoms with van der Waals surface area (Å²) in [5, 5.41) is 3.40. The highest BCUT2D eigenvalue weighted by Gasteiger charge is 2.21. The van der Waals surface area contributed by atoms with Crippen molar-refractivity contribution in [2.24, 2.45) is 5.41 Å². The Balaban J connectivity index is 1.93. The van der Waals surface area contributed by atoms with Gasteiger partial charge in [0, 0.05) is 18.2 Å². The second-order valence-electron chi connectivity index (χ2n) is 6.57. The van der Waals surface area contributed by atoms with Gasteiger partial charge in [-0.1, -0.05) is 20.8 Å². The van der Waals surface area contributed by atoms with Gasteiger partial charge >= 0.3 is 0 Å². The zero-order valence-corrected chi connectivity index (χ0v) is 12.1. The van der Waals surface area contributed by atoms with Crippen LogP contribution in [0, 0.1) is 11.2 Å². The Hall–Kier alpha value is -1.09. The molecule has 19 heavy (non-hydrogen) atoms. The molecule has 0 heterocycles. The molecule has 0 aliphatic heterocycles. The summed E-state index contributed by atoms with van der Waals surface area (Å²) in [5.41, 5.74) is 1.17. The highest BCUT2D eigenvalue weighted by Crippen LogP contribution is 2.25. The molecule has 0 unspecified atom stereocenters. The lowest BCUT2D eigenvalue weighted by atomic mass is 9.93. The molecule has 1 aromatic rings. The summed E-state index contributed by atoms with van der Waals surface area (Å²) in [6.07, 6.45) is 3.45. The fraction of sp³-hybridized carbons (Fsp3) is 0.625. The first-order chi connectivity index (χ1) is 8.94. The van der Waals surface area contributed by atoms with E-state index in [1.165, 1.54) is 18.9 Å². The molecule has 0 radical (unpaired) electrons. The first kappa shape index (κ1) is 14.3. The highest BCUT2D eigenvalue weighted by molar-refractivity contribution is 5.34. The minimum atomic E-state index is -0.198. The normalized spacial score (nSPS) is 15.6. The molecule has 0 saturated heterocycles. The van der Waals surface area contributed by atoms with Gasteiger partial charge in [0.25, 0.3) is 0 Å². The second kappa shape index (κ2) is 5.91. The van der Waals surface area contributed by atoms with E-state index in [0.717, 1.165) is 17.7 Å². The van der Waals surface area contributed by atoms with Crippen LogP contribution in [-0.4, -0.2) is 12.6 Å². The predicted molar refractivity (Wildman–Crippen MR) is 75.8 cm³/mol. The number of ether oxygens (including phenoxy) is 1. The van der Waals surface area contributed by atoms with Crippen LogP contribution < -0.4 is 10.1 Å². The van der Waals surface area contributed by atoms with E-state index >= 15 is 0 Å². The summed E-state index contributed by atoms with van der Waals surface area (Å²) in [6.45, 7) is 7.93. The van der Waals surface area contributed by atoms with Crippen molar-refractivity contribution in [1.29, 1.82) is 0 Å². The molecule has 1 aromatic carbocycles. The first-order valence-corrected chi connectivity index (χ1v) is 7.09. The van der Waals surface area contributed by atoms with Crippen molar-refractivity contribution >= 4 is 0 Å². The molecule has 1 N–H and O–H groups in total. The summed E-state index contributed by atoms with van der Waals surface area (Å²) in [7, 11) is 0. The van der Waals surface area contributed by atoms with Gasteiger partial charge in [0.05, 0.1) is 6.61 Å². The summed E-state index contributed by atoms with van der Waals surface area (Å²) in [6, 6.07) is 5.39. The molecular weight excluding hydrogens is 241 g/mol. The van der Waals surface area contributed by atoms with Gasteiger partial charge in [0.2, 0.25) is 0 Å². The summed E-state index contributed by atoms with van der Waals surface area (Å²) < 4.78 is 19.1. The van der Waals surface area contributed by atoms with Gasteiger partial charge in [0.15, 0.2) is 0 Å². The number of hydrogen-bond donors (Lipinski definition) is 1. The third-order valence-electron chi connectivity index (χ3n) is 3.29. The van der Waals surface area contributed by atoms with Crippen molar-refractivity contribution in [3.05, 3.63) is 29.6 Å². The molecule has 1 aliphatic rings. The number of nitrogens with one attached hydrogen (secondary N) is 1. The molecule has 0 spiro atoms. The Labute approximate surface area is 115 Å². The largest absolute Gasteiger partial charge is 0.493 e. The molecule has 106 valence electrons. The molecule has 1 fully saturated rings. The second-order valence-corrected chi connectivity index (χ2v) is 6.57. The molecule has 0 amide bonds. The molecular formula is C16H24FNO. The van der Waals surface area contributed by atoms with Gasteiger partial charge in [-0.25, -0.2) is 4.39 Å². The van der Waals surface area contributed by atoms with Crippen molar-refractivity contribution in [3.63, 3.8) is 0 Å². The fourth-order valence-electron chi connectivity index (χ4n) is 1.84. The van der Waals surface area contributed by atoms with E-state index in [9.17, 15) is 4.39 Å². The van der Waals surface area contributed by atoms with E-state index < -0.39 is 0 Å². The summed E-state index contributed by atoms with van der Waals surface area (Å²) >= 11 is 0. The van der Waals surface area contributed by atoms with E-state index in [4.69, 9.17) is 4.74 Å². The lowest BCUT2D eigenvalue weighted by Crippen LogP contribution is -2.17. The van der Waals surface area contributed by atoms with Crippen molar-refractivity contribution in [3.8, 4) is 5.75 Å². The molecule has 1 saturated carbocycles. The lowest BCUT2D eigenvalue weighted by Gasteiger charge is -2.19. The number of benzene rings is 1. The van der Waals surface area contributed by atoms with E-state index in [2.05, 4.69) is 26.1 Å². The van der Waals surface area contributed by atoms with Crippen molar-refractivity contribution in [1.82, 2.24) is 5.32 Å². The van der Waals surface area contributed by atoms with E-state index in [1.807, 2.05) is 0 Å². The topological polar surface area (TPSA) is 21.3 Å². The van der Waals surface area contributed by atoms with E-state index in [1.54, 1.807) is 12.1 Å². The zero-order valence-electron chi connectivity index (χ0n) is 12.1. The molecule has 1 aliphatic carbocycles. The minimum absolute atomic E-state index is 0.198. The molecule has 0 aromatic heterocycles. The summed E-state index contributed by atoms with van der Waals surface area (Å²) in [4.78, 5) is 0. The quantitative estimate of drug-likeness (QED) is 0.842. The maximum atomic E-state index is 13.3. The Morgan fingerprint density at radius 2 is 2.05 bits per heavy atom. The van der Waals surface area contributed by atoms with Crippen LogP contribution in [-0.2, 0) is 6.54 Å². The van der Waals surface area contributed by atoms with Gasteiger partial charge in [-0.15, -0.1) is 0 Å². The number of hydrogen-bond acceptors (Lipinski definition) is 2. The summed E-state index contributed by atoms with van der Waals surface area (Å²) in [5.74, 6) is 0.606. The van der Waals surface area contributed by atoms with Crippen molar-refractivity contribution < 1.29 is 9.13 Å². The Kier molecular flexibility index (Phi) is 4.46. The Morgan fingerprint density at radius 3 is 2.68 bits per heavy atom. The smallest absolute Gasteiger partial charge is 0.123 e. The zero-order chi connectivity index (χ0) is 13.9.